The van der Waals surface area contributed by atoms with Crippen molar-refractivity contribution in [1.82, 2.24) is 19.6 Å². The maximum absolute atomic E-state index is 13.2. The minimum absolute atomic E-state index is 0.0823. The Morgan fingerprint density at radius 3 is 1.62 bits per heavy atom. The maximum Gasteiger partial charge on any atom is 0.264 e. The van der Waals surface area contributed by atoms with Gasteiger partial charge < -0.3 is 19.6 Å². The summed E-state index contributed by atoms with van der Waals surface area (Å²) in [5.41, 5.74) is 0. The lowest BCUT2D eigenvalue weighted by molar-refractivity contribution is 0.0675. The van der Waals surface area contributed by atoms with E-state index in [1.165, 1.54) is 11.3 Å². The predicted octanol–water partition coefficient (Wildman–Crippen LogP) is 2.86. The number of likely N-dealkylation sites (N-methyl/N-ethyl adjacent to an activating group) is 2. The van der Waals surface area contributed by atoms with Crippen LogP contribution in [0.1, 0.15) is 58.9 Å². The molecule has 3 heterocycles. The zero-order valence-corrected chi connectivity index (χ0v) is 19.2. The van der Waals surface area contributed by atoms with Crippen LogP contribution in [0, 0.1) is 0 Å². The van der Waals surface area contributed by atoms with Gasteiger partial charge in [-0.2, -0.15) is 0 Å². The van der Waals surface area contributed by atoms with E-state index in [1.54, 1.807) is 0 Å². The minimum atomic E-state index is 0.0823. The highest BCUT2D eigenvalue weighted by molar-refractivity contribution is 7.15. The van der Waals surface area contributed by atoms with Gasteiger partial charge in [0.15, 0.2) is 0 Å². The van der Waals surface area contributed by atoms with Crippen LogP contribution < -0.4 is 0 Å². The summed E-state index contributed by atoms with van der Waals surface area (Å²) in [7, 11) is 4.25. The summed E-state index contributed by atoms with van der Waals surface area (Å²) in [5, 5.41) is 0. The molecule has 0 aliphatic carbocycles. The van der Waals surface area contributed by atoms with Gasteiger partial charge >= 0.3 is 0 Å². The molecule has 2 aliphatic rings. The highest BCUT2D eigenvalue weighted by Crippen LogP contribution is 2.25. The largest absolute Gasteiger partial charge is 0.334 e. The molecule has 162 valence electrons. The van der Waals surface area contributed by atoms with E-state index in [4.69, 9.17) is 0 Å². The average molecular weight is 421 g/mol. The Morgan fingerprint density at radius 2 is 1.24 bits per heavy atom. The van der Waals surface area contributed by atoms with E-state index in [0.29, 0.717) is 9.75 Å². The van der Waals surface area contributed by atoms with Crippen LogP contribution in [0.3, 0.4) is 0 Å². The zero-order valence-electron chi connectivity index (χ0n) is 18.4. The first-order valence-corrected chi connectivity index (χ1v) is 11.8. The summed E-state index contributed by atoms with van der Waals surface area (Å²) in [6.45, 7) is 9.76. The number of thiophene rings is 1. The predicted molar refractivity (Wildman–Crippen MR) is 119 cm³/mol. The van der Waals surface area contributed by atoms with E-state index in [1.807, 2.05) is 21.9 Å². The average Bonchev–Trinajstić information content (AvgIpc) is 3.02. The Balaban J connectivity index is 1.75. The van der Waals surface area contributed by atoms with E-state index in [2.05, 4.69) is 37.7 Å². The Kier molecular flexibility index (Phi) is 7.71. The second-order valence-corrected chi connectivity index (χ2v) is 9.60. The maximum atomic E-state index is 13.2. The van der Waals surface area contributed by atoms with E-state index in [-0.39, 0.29) is 23.9 Å². The van der Waals surface area contributed by atoms with Crippen molar-refractivity contribution >= 4 is 23.2 Å². The first-order chi connectivity index (χ1) is 13.9. The standard InChI is InChI=1S/C22H36N4O2S/c1-5-17-15-23(3)11-7-13-25(17)21(27)19-9-10-20(29-19)22(28)26-14-8-12-24(4)16-18(26)6-2/h9-10,17-18H,5-8,11-16H2,1-4H3. The van der Waals surface area contributed by atoms with Gasteiger partial charge in [0, 0.05) is 38.3 Å². The second kappa shape index (κ2) is 10.0. The molecule has 2 unspecified atom stereocenters. The molecule has 1 aromatic rings. The van der Waals surface area contributed by atoms with Crippen molar-refractivity contribution in [1.29, 1.82) is 0 Å². The Labute approximate surface area is 179 Å². The molecule has 0 radical (unpaired) electrons. The van der Waals surface area contributed by atoms with E-state index < -0.39 is 0 Å². The third-order valence-corrected chi connectivity index (χ3v) is 7.36. The normalized spacial score (nSPS) is 25.0. The van der Waals surface area contributed by atoms with Gasteiger partial charge in [0.05, 0.1) is 9.75 Å². The fourth-order valence-corrected chi connectivity index (χ4v) is 5.49. The molecule has 2 atom stereocenters. The molecule has 1 aromatic heterocycles. The topological polar surface area (TPSA) is 47.1 Å². The molecule has 29 heavy (non-hydrogen) atoms. The molecule has 3 rings (SSSR count). The lowest BCUT2D eigenvalue weighted by Gasteiger charge is -2.30. The van der Waals surface area contributed by atoms with Gasteiger partial charge in [-0.1, -0.05) is 13.8 Å². The van der Waals surface area contributed by atoms with Crippen LogP contribution in [0.25, 0.3) is 0 Å². The van der Waals surface area contributed by atoms with Gasteiger partial charge in [-0.3, -0.25) is 9.59 Å². The van der Waals surface area contributed by atoms with Crippen molar-refractivity contribution in [3.05, 3.63) is 21.9 Å². The van der Waals surface area contributed by atoms with Gasteiger partial charge in [-0.05, 0) is 65.0 Å². The highest BCUT2D eigenvalue weighted by atomic mass is 32.1. The van der Waals surface area contributed by atoms with Crippen LogP contribution in [0.15, 0.2) is 12.1 Å². The highest BCUT2D eigenvalue weighted by Gasteiger charge is 2.30. The Hall–Kier alpha value is -1.44. The van der Waals surface area contributed by atoms with Crippen LogP contribution in [-0.4, -0.2) is 96.9 Å². The first-order valence-electron chi connectivity index (χ1n) is 11.0. The smallest absolute Gasteiger partial charge is 0.264 e. The number of rotatable bonds is 4. The van der Waals surface area contributed by atoms with Crippen molar-refractivity contribution < 1.29 is 9.59 Å². The fourth-order valence-electron chi connectivity index (χ4n) is 4.57. The molecular weight excluding hydrogens is 384 g/mol. The summed E-state index contributed by atoms with van der Waals surface area (Å²) < 4.78 is 0. The monoisotopic (exact) mass is 420 g/mol. The summed E-state index contributed by atoms with van der Waals surface area (Å²) in [6.07, 6.45) is 3.89. The van der Waals surface area contributed by atoms with Crippen LogP contribution in [0.2, 0.25) is 0 Å². The van der Waals surface area contributed by atoms with Crippen LogP contribution in [-0.2, 0) is 0 Å². The van der Waals surface area contributed by atoms with Gasteiger partial charge in [0.2, 0.25) is 0 Å². The molecular formula is C22H36N4O2S. The molecule has 7 heteroatoms. The Morgan fingerprint density at radius 1 is 0.828 bits per heavy atom. The fraction of sp³-hybridized carbons (Fsp3) is 0.727. The van der Waals surface area contributed by atoms with Crippen molar-refractivity contribution in [2.24, 2.45) is 0 Å². The summed E-state index contributed by atoms with van der Waals surface area (Å²) in [4.78, 5) is 36.6. The van der Waals surface area contributed by atoms with Crippen LogP contribution in [0.4, 0.5) is 0 Å². The number of amides is 2. The quantitative estimate of drug-likeness (QED) is 0.752. The summed E-state index contributed by atoms with van der Waals surface area (Å²) in [5.74, 6) is 0.165. The lowest BCUT2D eigenvalue weighted by Crippen LogP contribution is -2.43. The summed E-state index contributed by atoms with van der Waals surface area (Å²) >= 11 is 1.37. The number of nitrogens with zero attached hydrogens (tertiary/aromatic N) is 4. The second-order valence-electron chi connectivity index (χ2n) is 8.52. The van der Waals surface area contributed by atoms with Crippen molar-refractivity contribution in [3.63, 3.8) is 0 Å². The molecule has 0 bridgehead atoms. The van der Waals surface area contributed by atoms with Crippen LogP contribution >= 0.6 is 11.3 Å². The molecule has 2 aliphatic heterocycles. The zero-order chi connectivity index (χ0) is 21.0. The van der Waals surface area contributed by atoms with E-state index in [9.17, 15) is 9.59 Å². The molecule has 2 saturated heterocycles. The third kappa shape index (κ3) is 5.19. The van der Waals surface area contributed by atoms with Crippen LogP contribution in [0.5, 0.6) is 0 Å². The number of hydrogen-bond donors (Lipinski definition) is 0. The Bertz CT molecular complexity index is 650. The van der Waals surface area contributed by atoms with Gasteiger partial charge in [-0.15, -0.1) is 11.3 Å². The number of hydrogen-bond acceptors (Lipinski definition) is 5. The molecule has 2 amide bonds. The molecule has 0 aromatic carbocycles. The molecule has 0 saturated carbocycles. The first kappa shape index (κ1) is 22.2. The van der Waals surface area contributed by atoms with Gasteiger partial charge in [-0.25, -0.2) is 0 Å². The van der Waals surface area contributed by atoms with Crippen molar-refractivity contribution in [2.45, 2.75) is 51.6 Å². The SMILES string of the molecule is CCC1CN(C)CCCN1C(=O)c1ccc(C(=O)N2CCCN(C)CC2CC)s1. The molecule has 6 nitrogen and oxygen atoms in total. The molecule has 0 N–H and O–H groups in total. The van der Waals surface area contributed by atoms with E-state index in [0.717, 1.165) is 65.0 Å². The molecule has 0 spiro atoms. The third-order valence-electron chi connectivity index (χ3n) is 6.30. The van der Waals surface area contributed by atoms with Gasteiger partial charge in [0.25, 0.3) is 11.8 Å². The summed E-state index contributed by atoms with van der Waals surface area (Å²) in [6, 6.07) is 4.18. The number of carbonyl (C=O) groups excluding carboxylic acids is 2. The van der Waals surface area contributed by atoms with Gasteiger partial charge in [0.1, 0.15) is 0 Å². The van der Waals surface area contributed by atoms with E-state index >= 15 is 0 Å². The molecule has 2 fully saturated rings. The van der Waals surface area contributed by atoms with Crippen molar-refractivity contribution in [2.75, 3.05) is 53.4 Å². The lowest BCUT2D eigenvalue weighted by atomic mass is 10.1. The number of carbonyl (C=O) groups is 2. The minimum Gasteiger partial charge on any atom is -0.334 e. The van der Waals surface area contributed by atoms with Crippen molar-refractivity contribution in [3.8, 4) is 0 Å².